The number of amides is 4. The van der Waals surface area contributed by atoms with Crippen molar-refractivity contribution in [3.05, 3.63) is 34.9 Å². The van der Waals surface area contributed by atoms with Crippen LogP contribution in [0, 0.1) is 13.8 Å². The zero-order valence-electron chi connectivity index (χ0n) is 23.1. The molecule has 1 rings (SSSR count). The number of carbonyl (C=O) groups is 4. The number of alkyl carbamates (subject to hydrolysis) is 1. The lowest BCUT2D eigenvalue weighted by atomic mass is 9.97. The van der Waals surface area contributed by atoms with Gasteiger partial charge in [0.15, 0.2) is 0 Å². The van der Waals surface area contributed by atoms with E-state index in [4.69, 9.17) is 10.5 Å². The van der Waals surface area contributed by atoms with Crippen molar-refractivity contribution in [2.75, 3.05) is 6.54 Å². The summed E-state index contributed by atoms with van der Waals surface area (Å²) in [6, 6.07) is 3.64. The molecule has 0 spiro atoms. The zero-order valence-corrected chi connectivity index (χ0v) is 23.1. The molecule has 0 aliphatic rings. The maximum absolute atomic E-state index is 14.0. The van der Waals surface area contributed by atoms with Crippen LogP contribution < -0.4 is 16.4 Å². The Morgan fingerprint density at radius 1 is 1.03 bits per heavy atom. The second-order valence-electron chi connectivity index (χ2n) is 10.6. The predicted octanol–water partition coefficient (Wildman–Crippen LogP) is 3.66. The molecule has 0 heterocycles. The van der Waals surface area contributed by atoms with Crippen LogP contribution in [0.2, 0.25) is 0 Å². The minimum absolute atomic E-state index is 0.0125. The molecule has 0 saturated carbocycles. The van der Waals surface area contributed by atoms with Crippen molar-refractivity contribution in [2.24, 2.45) is 5.73 Å². The van der Waals surface area contributed by atoms with Crippen molar-refractivity contribution in [1.29, 1.82) is 0 Å². The third-order valence-electron chi connectivity index (χ3n) is 5.25. The number of nitrogens with zero attached hydrogens (tertiary/aromatic N) is 1. The molecule has 36 heavy (non-hydrogen) atoms. The molecule has 2 unspecified atom stereocenters. The molecule has 2 atom stereocenters. The van der Waals surface area contributed by atoms with Gasteiger partial charge in [0.2, 0.25) is 17.7 Å². The molecule has 4 N–H and O–H groups in total. The van der Waals surface area contributed by atoms with Gasteiger partial charge in [0.1, 0.15) is 17.7 Å². The fraction of sp³-hybridized carbons (Fsp3) is 0.630. The summed E-state index contributed by atoms with van der Waals surface area (Å²) in [5, 5.41) is 5.54. The smallest absolute Gasteiger partial charge is 0.408 e. The Hall–Kier alpha value is -3.10. The quantitative estimate of drug-likeness (QED) is 0.400. The number of hydrogen-bond donors (Lipinski definition) is 3. The van der Waals surface area contributed by atoms with Crippen molar-refractivity contribution >= 4 is 23.8 Å². The Labute approximate surface area is 215 Å². The zero-order chi connectivity index (χ0) is 27.6. The summed E-state index contributed by atoms with van der Waals surface area (Å²) in [7, 11) is 0. The molecule has 0 aliphatic heterocycles. The van der Waals surface area contributed by atoms with Gasteiger partial charge in [-0.05, 0) is 66.9 Å². The number of hydrogen-bond acceptors (Lipinski definition) is 5. The summed E-state index contributed by atoms with van der Waals surface area (Å²) in [5.41, 5.74) is 7.18. The first-order valence-corrected chi connectivity index (χ1v) is 12.6. The third kappa shape index (κ3) is 10.7. The van der Waals surface area contributed by atoms with E-state index >= 15 is 0 Å². The lowest BCUT2D eigenvalue weighted by molar-refractivity contribution is -0.143. The minimum Gasteiger partial charge on any atom is -0.444 e. The number of aryl methyl sites for hydroxylation is 2. The van der Waals surface area contributed by atoms with Gasteiger partial charge in [-0.2, -0.15) is 0 Å². The van der Waals surface area contributed by atoms with Gasteiger partial charge in [0, 0.05) is 19.0 Å². The molecule has 4 amide bonds. The van der Waals surface area contributed by atoms with E-state index in [1.165, 1.54) is 4.90 Å². The first-order valence-electron chi connectivity index (χ1n) is 12.6. The van der Waals surface area contributed by atoms with E-state index in [1.807, 2.05) is 52.8 Å². The highest BCUT2D eigenvalue weighted by Gasteiger charge is 2.36. The molecule has 9 heteroatoms. The number of unbranched alkanes of at least 4 members (excludes halogenated alkanes) is 1. The van der Waals surface area contributed by atoms with Crippen LogP contribution in [0.5, 0.6) is 0 Å². The van der Waals surface area contributed by atoms with Gasteiger partial charge in [-0.25, -0.2) is 4.79 Å². The Morgan fingerprint density at radius 2 is 1.61 bits per heavy atom. The summed E-state index contributed by atoms with van der Waals surface area (Å²) < 4.78 is 5.35. The van der Waals surface area contributed by atoms with Gasteiger partial charge < -0.3 is 26.0 Å². The van der Waals surface area contributed by atoms with Crippen LogP contribution in [0.4, 0.5) is 4.79 Å². The van der Waals surface area contributed by atoms with Gasteiger partial charge in [0.05, 0.1) is 0 Å². The largest absolute Gasteiger partial charge is 0.444 e. The van der Waals surface area contributed by atoms with Gasteiger partial charge in [-0.15, -0.1) is 0 Å². The molecule has 0 radical (unpaired) electrons. The van der Waals surface area contributed by atoms with Crippen LogP contribution in [0.3, 0.4) is 0 Å². The standard InChI is InChI=1S/C27H44N4O5/c1-9-10-13-31(23(24(33)29-17(2)3)20-15-18(4)14-19(5)16-20)25(34)21(11-12-22(28)32)30-26(35)36-27(6,7)8/h14-17,21,23H,9-13H2,1-8H3,(H2,28,32)(H,29,33)(H,30,35). The van der Waals surface area contributed by atoms with Crippen LogP contribution in [0.1, 0.15) is 90.0 Å². The molecule has 0 saturated heterocycles. The number of ether oxygens (including phenoxy) is 1. The van der Waals surface area contributed by atoms with Crippen molar-refractivity contribution in [1.82, 2.24) is 15.5 Å². The number of carbonyl (C=O) groups excluding carboxylic acids is 4. The molecular formula is C27H44N4O5. The number of rotatable bonds is 12. The fourth-order valence-electron chi connectivity index (χ4n) is 3.89. The summed E-state index contributed by atoms with van der Waals surface area (Å²) in [6.45, 7) is 15.0. The first kappa shape index (κ1) is 30.9. The maximum atomic E-state index is 14.0. The third-order valence-corrected chi connectivity index (χ3v) is 5.25. The number of primary amides is 1. The highest BCUT2D eigenvalue weighted by molar-refractivity contribution is 5.92. The first-order chi connectivity index (χ1) is 16.6. The van der Waals surface area contributed by atoms with Crippen LogP contribution >= 0.6 is 0 Å². The Bertz CT molecular complexity index is 903. The molecule has 0 bridgehead atoms. The second-order valence-corrected chi connectivity index (χ2v) is 10.6. The van der Waals surface area contributed by atoms with E-state index in [0.717, 1.165) is 17.5 Å². The summed E-state index contributed by atoms with van der Waals surface area (Å²) in [6.07, 6.45) is 0.537. The average Bonchev–Trinajstić information content (AvgIpc) is 2.70. The molecule has 1 aromatic rings. The average molecular weight is 505 g/mol. The van der Waals surface area contributed by atoms with Gasteiger partial charge in [-0.3, -0.25) is 14.4 Å². The highest BCUT2D eigenvalue weighted by atomic mass is 16.6. The summed E-state index contributed by atoms with van der Waals surface area (Å²) in [5.74, 6) is -1.38. The van der Waals surface area contributed by atoms with Crippen LogP contribution in [-0.2, 0) is 19.1 Å². The Morgan fingerprint density at radius 3 is 2.08 bits per heavy atom. The summed E-state index contributed by atoms with van der Waals surface area (Å²) in [4.78, 5) is 53.0. The molecule has 1 aromatic carbocycles. The van der Waals surface area contributed by atoms with Crippen molar-refractivity contribution in [2.45, 2.75) is 105 Å². The molecule has 9 nitrogen and oxygen atoms in total. The van der Waals surface area contributed by atoms with E-state index < -0.39 is 35.6 Å². The maximum Gasteiger partial charge on any atom is 0.408 e. The summed E-state index contributed by atoms with van der Waals surface area (Å²) >= 11 is 0. The topological polar surface area (TPSA) is 131 Å². The molecular weight excluding hydrogens is 460 g/mol. The monoisotopic (exact) mass is 504 g/mol. The van der Waals surface area contributed by atoms with E-state index in [1.54, 1.807) is 20.8 Å². The molecule has 202 valence electrons. The van der Waals surface area contributed by atoms with Gasteiger partial charge in [0.25, 0.3) is 0 Å². The van der Waals surface area contributed by atoms with Gasteiger partial charge >= 0.3 is 6.09 Å². The van der Waals surface area contributed by atoms with Crippen LogP contribution in [0.15, 0.2) is 18.2 Å². The lowest BCUT2D eigenvalue weighted by Gasteiger charge is -2.35. The van der Waals surface area contributed by atoms with E-state index in [9.17, 15) is 19.2 Å². The van der Waals surface area contributed by atoms with E-state index in [2.05, 4.69) is 10.6 Å². The second kappa shape index (κ2) is 13.8. The van der Waals surface area contributed by atoms with E-state index in [-0.39, 0.29) is 24.8 Å². The van der Waals surface area contributed by atoms with Crippen LogP contribution in [0.25, 0.3) is 0 Å². The normalized spacial score (nSPS) is 13.0. The SMILES string of the molecule is CCCCN(C(=O)C(CCC(N)=O)NC(=O)OC(C)(C)C)C(C(=O)NC(C)C)c1cc(C)cc(C)c1. The number of benzene rings is 1. The van der Waals surface area contributed by atoms with E-state index in [0.29, 0.717) is 18.5 Å². The predicted molar refractivity (Wildman–Crippen MR) is 140 cm³/mol. The molecule has 0 fully saturated rings. The highest BCUT2D eigenvalue weighted by Crippen LogP contribution is 2.26. The number of nitrogens with one attached hydrogen (secondary N) is 2. The van der Waals surface area contributed by atoms with Crippen LogP contribution in [-0.4, -0.2) is 52.9 Å². The lowest BCUT2D eigenvalue weighted by Crippen LogP contribution is -2.54. The molecule has 0 aliphatic carbocycles. The minimum atomic E-state index is -1.09. The fourth-order valence-corrected chi connectivity index (χ4v) is 3.89. The van der Waals surface area contributed by atoms with Crippen molar-refractivity contribution < 1.29 is 23.9 Å². The molecule has 0 aromatic heterocycles. The number of nitrogens with two attached hydrogens (primary N) is 1. The Balaban J connectivity index is 3.53. The van der Waals surface area contributed by atoms with Crippen molar-refractivity contribution in [3.8, 4) is 0 Å². The van der Waals surface area contributed by atoms with Gasteiger partial charge in [-0.1, -0.05) is 42.7 Å². The Kier molecular flexibility index (Phi) is 11.9. The van der Waals surface area contributed by atoms with Crippen molar-refractivity contribution in [3.63, 3.8) is 0 Å².